The number of sulfonamides is 1. The van der Waals surface area contributed by atoms with Crippen molar-refractivity contribution in [3.8, 4) is 0 Å². The van der Waals surface area contributed by atoms with Crippen molar-refractivity contribution in [3.63, 3.8) is 0 Å². The van der Waals surface area contributed by atoms with Gasteiger partial charge < -0.3 is 5.32 Å². The monoisotopic (exact) mass is 560 g/mol. The van der Waals surface area contributed by atoms with Gasteiger partial charge in [-0.25, -0.2) is 8.42 Å². The number of halogens is 4. The summed E-state index contributed by atoms with van der Waals surface area (Å²) in [5, 5.41) is 3.95. The highest BCUT2D eigenvalue weighted by Crippen LogP contribution is 2.30. The van der Waals surface area contributed by atoms with Gasteiger partial charge in [-0.2, -0.15) is 0 Å². The fourth-order valence-electron chi connectivity index (χ4n) is 2.78. The number of carbonyl (C=O) groups is 1. The van der Waals surface area contributed by atoms with Crippen LogP contribution in [-0.4, -0.2) is 20.6 Å². The number of nitrogens with zero attached hydrogens (tertiary/aromatic N) is 1. The zero-order chi connectivity index (χ0) is 22.8. The minimum absolute atomic E-state index is 0.0414. The molecule has 3 rings (SSSR count). The fraction of sp³-hybridized carbons (Fsp3) is 0.0952. The molecule has 0 aliphatic rings. The Labute approximate surface area is 204 Å². The van der Waals surface area contributed by atoms with Gasteiger partial charge in [0.2, 0.25) is 10.0 Å². The third-order valence-corrected chi connectivity index (χ3v) is 7.44. The van der Waals surface area contributed by atoms with Gasteiger partial charge in [0.1, 0.15) is 0 Å². The first-order chi connectivity index (χ1) is 14.6. The molecule has 0 heterocycles. The lowest BCUT2D eigenvalue weighted by Gasteiger charge is -2.23. The second-order valence-corrected chi connectivity index (χ2v) is 10.6. The van der Waals surface area contributed by atoms with Gasteiger partial charge in [0.25, 0.3) is 5.91 Å². The predicted octanol–water partition coefficient (Wildman–Crippen LogP) is 6.63. The molecule has 31 heavy (non-hydrogen) atoms. The molecular formula is C21H16BrCl3N2O3S. The molecule has 0 aliphatic heterocycles. The van der Waals surface area contributed by atoms with E-state index >= 15 is 0 Å². The molecule has 0 fully saturated rings. The Morgan fingerprint density at radius 2 is 1.58 bits per heavy atom. The molecule has 1 amide bonds. The smallest absolute Gasteiger partial charge is 0.255 e. The summed E-state index contributed by atoms with van der Waals surface area (Å²) >= 11 is 21.8. The molecule has 1 N–H and O–H groups in total. The molecule has 3 aromatic carbocycles. The number of anilines is 2. The molecular weight excluding hydrogens is 547 g/mol. The van der Waals surface area contributed by atoms with Gasteiger partial charge in [-0.3, -0.25) is 9.10 Å². The number of rotatable bonds is 6. The molecule has 0 saturated carbocycles. The SMILES string of the molecule is CS(=O)(=O)N(Cc1c(Cl)cccc1Cl)c1ccc(C(=O)Nc2ccc(Br)c(Cl)c2)cc1. The Morgan fingerprint density at radius 1 is 0.968 bits per heavy atom. The molecule has 0 unspecified atom stereocenters. The van der Waals surface area contributed by atoms with E-state index in [4.69, 9.17) is 34.8 Å². The highest BCUT2D eigenvalue weighted by molar-refractivity contribution is 9.10. The van der Waals surface area contributed by atoms with Crippen molar-refractivity contribution in [2.75, 3.05) is 15.9 Å². The van der Waals surface area contributed by atoms with Crippen LogP contribution in [0, 0.1) is 0 Å². The summed E-state index contributed by atoms with van der Waals surface area (Å²) in [6.45, 7) is -0.0414. The van der Waals surface area contributed by atoms with E-state index in [0.29, 0.717) is 37.6 Å². The van der Waals surface area contributed by atoms with E-state index in [1.807, 2.05) is 0 Å². The summed E-state index contributed by atoms with van der Waals surface area (Å²) in [5.74, 6) is -0.356. The quantitative estimate of drug-likeness (QED) is 0.367. The van der Waals surface area contributed by atoms with Crippen LogP contribution in [0.2, 0.25) is 15.1 Å². The maximum Gasteiger partial charge on any atom is 0.255 e. The van der Waals surface area contributed by atoms with Gasteiger partial charge in [-0.1, -0.05) is 40.9 Å². The summed E-state index contributed by atoms with van der Waals surface area (Å²) in [4.78, 5) is 12.5. The number of amides is 1. The van der Waals surface area contributed by atoms with Gasteiger partial charge in [0.05, 0.1) is 23.5 Å². The zero-order valence-corrected chi connectivity index (χ0v) is 20.7. The molecule has 162 valence electrons. The largest absolute Gasteiger partial charge is 0.322 e. The van der Waals surface area contributed by atoms with E-state index in [2.05, 4.69) is 21.2 Å². The van der Waals surface area contributed by atoms with Crippen molar-refractivity contribution < 1.29 is 13.2 Å². The molecule has 0 atom stereocenters. The van der Waals surface area contributed by atoms with Gasteiger partial charge in [0.15, 0.2) is 0 Å². The van der Waals surface area contributed by atoms with E-state index in [-0.39, 0.29) is 12.5 Å². The molecule has 5 nitrogen and oxygen atoms in total. The van der Waals surface area contributed by atoms with Crippen LogP contribution in [-0.2, 0) is 16.6 Å². The highest BCUT2D eigenvalue weighted by atomic mass is 79.9. The summed E-state index contributed by atoms with van der Waals surface area (Å²) in [5.41, 5.74) is 1.76. The predicted molar refractivity (Wildman–Crippen MR) is 131 cm³/mol. The molecule has 0 saturated heterocycles. The van der Waals surface area contributed by atoms with Crippen LogP contribution in [0.5, 0.6) is 0 Å². The average molecular weight is 563 g/mol. The maximum atomic E-state index is 12.5. The van der Waals surface area contributed by atoms with Crippen molar-refractivity contribution in [1.29, 1.82) is 0 Å². The van der Waals surface area contributed by atoms with E-state index < -0.39 is 10.0 Å². The van der Waals surface area contributed by atoms with Crippen molar-refractivity contribution in [1.82, 2.24) is 0 Å². The van der Waals surface area contributed by atoms with Crippen LogP contribution in [0.4, 0.5) is 11.4 Å². The molecule has 0 aromatic heterocycles. The van der Waals surface area contributed by atoms with Crippen molar-refractivity contribution >= 4 is 78.0 Å². The van der Waals surface area contributed by atoms with Crippen molar-refractivity contribution in [3.05, 3.63) is 91.3 Å². The van der Waals surface area contributed by atoms with Crippen LogP contribution in [0.15, 0.2) is 65.1 Å². The van der Waals surface area contributed by atoms with Gasteiger partial charge in [-0.15, -0.1) is 0 Å². The lowest BCUT2D eigenvalue weighted by atomic mass is 10.1. The molecule has 0 aliphatic carbocycles. The number of nitrogens with one attached hydrogen (secondary N) is 1. The normalized spacial score (nSPS) is 11.3. The Hall–Kier alpha value is -1.77. The first-order valence-electron chi connectivity index (χ1n) is 8.83. The van der Waals surface area contributed by atoms with Crippen LogP contribution in [0.3, 0.4) is 0 Å². The topological polar surface area (TPSA) is 66.5 Å². The number of hydrogen-bond acceptors (Lipinski definition) is 3. The molecule has 10 heteroatoms. The minimum Gasteiger partial charge on any atom is -0.322 e. The molecule has 0 bridgehead atoms. The molecule has 0 spiro atoms. The van der Waals surface area contributed by atoms with Crippen molar-refractivity contribution in [2.24, 2.45) is 0 Å². The lowest BCUT2D eigenvalue weighted by Crippen LogP contribution is -2.29. The summed E-state index contributed by atoms with van der Waals surface area (Å²) in [7, 11) is -3.64. The third kappa shape index (κ3) is 5.93. The summed E-state index contributed by atoms with van der Waals surface area (Å²) in [6, 6.07) is 16.2. The van der Waals surface area contributed by atoms with Crippen LogP contribution in [0.1, 0.15) is 15.9 Å². The Kier molecular flexibility index (Phi) is 7.55. The fourth-order valence-corrected chi connectivity index (χ4v) is 4.60. The zero-order valence-electron chi connectivity index (χ0n) is 16.1. The first-order valence-corrected chi connectivity index (χ1v) is 12.6. The Bertz CT molecular complexity index is 1210. The molecule has 0 radical (unpaired) electrons. The van der Waals surface area contributed by atoms with Crippen LogP contribution < -0.4 is 9.62 Å². The summed E-state index contributed by atoms with van der Waals surface area (Å²) < 4.78 is 26.7. The minimum atomic E-state index is -3.64. The first kappa shape index (κ1) is 23.9. The summed E-state index contributed by atoms with van der Waals surface area (Å²) in [6.07, 6.45) is 1.09. The lowest BCUT2D eigenvalue weighted by molar-refractivity contribution is 0.102. The van der Waals surface area contributed by atoms with E-state index in [1.165, 1.54) is 16.4 Å². The van der Waals surface area contributed by atoms with E-state index in [1.54, 1.807) is 48.5 Å². The number of hydrogen-bond donors (Lipinski definition) is 1. The number of carbonyl (C=O) groups excluding carboxylic acids is 1. The standard InChI is InChI=1S/C21H16BrCl3N2O3S/c1-31(29,30)27(12-16-18(23)3-2-4-19(16)24)15-8-5-13(6-9-15)21(28)26-14-7-10-17(22)20(25)11-14/h2-11H,12H2,1H3,(H,26,28). The van der Waals surface area contributed by atoms with Gasteiger partial charge >= 0.3 is 0 Å². The second kappa shape index (κ2) is 9.79. The van der Waals surface area contributed by atoms with Crippen LogP contribution >= 0.6 is 50.7 Å². The number of benzene rings is 3. The average Bonchev–Trinajstić information content (AvgIpc) is 2.70. The van der Waals surface area contributed by atoms with E-state index in [0.717, 1.165) is 10.7 Å². The maximum absolute atomic E-state index is 12.5. The third-order valence-electron chi connectivity index (χ3n) is 4.36. The highest BCUT2D eigenvalue weighted by Gasteiger charge is 2.21. The Morgan fingerprint density at radius 3 is 2.13 bits per heavy atom. The Balaban J connectivity index is 1.84. The van der Waals surface area contributed by atoms with Crippen LogP contribution in [0.25, 0.3) is 0 Å². The second-order valence-electron chi connectivity index (χ2n) is 6.60. The molecule has 3 aromatic rings. The van der Waals surface area contributed by atoms with Gasteiger partial charge in [0, 0.05) is 31.3 Å². The van der Waals surface area contributed by atoms with E-state index in [9.17, 15) is 13.2 Å². The van der Waals surface area contributed by atoms with Gasteiger partial charge in [-0.05, 0) is 70.5 Å². The van der Waals surface area contributed by atoms with Crippen molar-refractivity contribution in [2.45, 2.75) is 6.54 Å².